The lowest BCUT2D eigenvalue weighted by molar-refractivity contribution is -0.137. The summed E-state index contributed by atoms with van der Waals surface area (Å²) in [6.45, 7) is 5.25. The molecule has 0 radical (unpaired) electrons. The third kappa shape index (κ3) is 5.99. The Morgan fingerprint density at radius 2 is 1.89 bits per heavy atom. The third-order valence-electron chi connectivity index (χ3n) is 6.19. The van der Waals surface area contributed by atoms with Gasteiger partial charge in [-0.05, 0) is 50.5 Å². The monoisotopic (exact) mass is 524 g/mol. The minimum atomic E-state index is -1.34. The van der Waals surface area contributed by atoms with E-state index in [0.717, 1.165) is 0 Å². The molecule has 0 aromatic heterocycles. The van der Waals surface area contributed by atoms with Crippen LogP contribution in [0.1, 0.15) is 66.7 Å². The number of alkyl carbamates (subject to hydrolysis) is 1. The maximum absolute atomic E-state index is 14.5. The number of ether oxygens (including phenoxy) is 1. The van der Waals surface area contributed by atoms with Crippen LogP contribution in [0.4, 0.5) is 9.18 Å². The molecule has 0 bridgehead atoms. The molecule has 0 saturated carbocycles. The van der Waals surface area contributed by atoms with Crippen LogP contribution in [-0.2, 0) is 32.2 Å². The number of imide groups is 1. The molecule has 2 aromatic rings. The van der Waals surface area contributed by atoms with Crippen molar-refractivity contribution in [2.75, 3.05) is 0 Å². The fraction of sp³-hybridized carbons (Fsp3) is 0.370. The molecule has 0 aliphatic carbocycles. The Bertz CT molecular complexity index is 1300. The van der Waals surface area contributed by atoms with Gasteiger partial charge in [-0.15, -0.1) is 0 Å². The van der Waals surface area contributed by atoms with Gasteiger partial charge in [0.15, 0.2) is 0 Å². The summed E-state index contributed by atoms with van der Waals surface area (Å²) < 4.78 is 19.8. The number of halogens is 1. The second-order valence-electron chi connectivity index (χ2n) is 10.2. The molecular weight excluding hydrogens is 495 g/mol. The van der Waals surface area contributed by atoms with E-state index < -0.39 is 41.4 Å². The van der Waals surface area contributed by atoms with Gasteiger partial charge in [0.05, 0.1) is 0 Å². The van der Waals surface area contributed by atoms with Crippen molar-refractivity contribution in [3.05, 3.63) is 70.5 Å². The average molecular weight is 525 g/mol. The van der Waals surface area contributed by atoms with Crippen LogP contribution in [0.25, 0.3) is 0 Å². The highest BCUT2D eigenvalue weighted by atomic mass is 19.1. The minimum absolute atomic E-state index is 0.0182. The van der Waals surface area contributed by atoms with Crippen LogP contribution in [0.5, 0.6) is 0 Å². The predicted molar refractivity (Wildman–Crippen MR) is 133 cm³/mol. The van der Waals surface area contributed by atoms with Gasteiger partial charge in [0, 0.05) is 30.6 Å². The van der Waals surface area contributed by atoms with Crippen LogP contribution in [-0.4, -0.2) is 46.3 Å². The maximum Gasteiger partial charge on any atom is 0.408 e. The van der Waals surface area contributed by atoms with E-state index >= 15 is 0 Å². The van der Waals surface area contributed by atoms with Gasteiger partial charge in [-0.1, -0.05) is 30.3 Å². The number of hydrogen-bond acceptors (Lipinski definition) is 6. The highest BCUT2D eigenvalue weighted by Gasteiger charge is 2.39. The molecule has 2 aliphatic heterocycles. The number of benzene rings is 2. The van der Waals surface area contributed by atoms with Crippen LogP contribution in [0.15, 0.2) is 42.5 Å². The van der Waals surface area contributed by atoms with Gasteiger partial charge < -0.3 is 20.3 Å². The molecule has 2 atom stereocenters. The Balaban J connectivity index is 1.46. The number of rotatable bonds is 6. The zero-order valence-corrected chi connectivity index (χ0v) is 21.3. The Hall–Kier alpha value is -4.28. The van der Waals surface area contributed by atoms with Crippen LogP contribution in [0.2, 0.25) is 0 Å². The Morgan fingerprint density at radius 3 is 2.58 bits per heavy atom. The maximum atomic E-state index is 14.5. The van der Waals surface area contributed by atoms with Crippen molar-refractivity contribution >= 4 is 29.7 Å². The molecule has 5 amide bonds. The van der Waals surface area contributed by atoms with E-state index in [0.29, 0.717) is 16.7 Å². The first-order valence-electron chi connectivity index (χ1n) is 12.2. The molecule has 4 rings (SSSR count). The first-order chi connectivity index (χ1) is 17.9. The zero-order chi connectivity index (χ0) is 27.6. The molecule has 200 valence electrons. The lowest BCUT2D eigenvalue weighted by Gasteiger charge is -2.29. The van der Waals surface area contributed by atoms with Gasteiger partial charge in [0.1, 0.15) is 23.5 Å². The number of nitrogens with zero attached hydrogens (tertiary/aromatic N) is 1. The number of carbonyl (C=O) groups is 5. The van der Waals surface area contributed by atoms with Crippen molar-refractivity contribution in [1.82, 2.24) is 20.9 Å². The smallest absolute Gasteiger partial charge is 0.408 e. The van der Waals surface area contributed by atoms with Crippen molar-refractivity contribution in [3.8, 4) is 0 Å². The summed E-state index contributed by atoms with van der Waals surface area (Å²) in [6, 6.07) is 8.61. The van der Waals surface area contributed by atoms with E-state index in [2.05, 4.69) is 16.0 Å². The second kappa shape index (κ2) is 10.6. The molecule has 2 aliphatic rings. The van der Waals surface area contributed by atoms with E-state index in [-0.39, 0.29) is 43.3 Å². The van der Waals surface area contributed by atoms with Crippen molar-refractivity contribution in [1.29, 1.82) is 0 Å². The van der Waals surface area contributed by atoms with Gasteiger partial charge in [-0.2, -0.15) is 0 Å². The van der Waals surface area contributed by atoms with Crippen molar-refractivity contribution in [2.24, 2.45) is 0 Å². The zero-order valence-electron chi connectivity index (χ0n) is 21.3. The Kier molecular flexibility index (Phi) is 7.47. The van der Waals surface area contributed by atoms with Crippen molar-refractivity contribution in [3.63, 3.8) is 0 Å². The number of amides is 5. The molecule has 11 heteroatoms. The first kappa shape index (κ1) is 26.8. The number of carbonyl (C=O) groups excluding carboxylic acids is 5. The molecule has 0 spiro atoms. The van der Waals surface area contributed by atoms with E-state index in [1.165, 1.54) is 23.1 Å². The first-order valence-corrected chi connectivity index (χ1v) is 12.2. The standard InChI is InChI=1S/C27H29FN4O6/c1-27(2,3)38-26(37)31-22(18-6-4-5-7-19(18)28)24(35)29-13-15-8-9-17-16(12-15)14-32(25(17)36)20-10-11-21(33)30-23(20)34/h4-9,12,20,22H,10-11,13-14H2,1-3H3,(H,29,35)(H,31,37)(H,30,33,34). The lowest BCUT2D eigenvalue weighted by atomic mass is 10.0. The average Bonchev–Trinajstić information content (AvgIpc) is 3.16. The summed E-state index contributed by atoms with van der Waals surface area (Å²) in [5.41, 5.74) is 0.962. The summed E-state index contributed by atoms with van der Waals surface area (Å²) in [6.07, 6.45) is -0.450. The fourth-order valence-corrected chi connectivity index (χ4v) is 4.45. The van der Waals surface area contributed by atoms with Crippen molar-refractivity contribution in [2.45, 2.75) is 64.4 Å². The summed E-state index contributed by atoms with van der Waals surface area (Å²) in [5, 5.41) is 7.41. The third-order valence-corrected chi connectivity index (χ3v) is 6.19. The van der Waals surface area contributed by atoms with Gasteiger partial charge in [0.2, 0.25) is 17.7 Å². The van der Waals surface area contributed by atoms with Crippen LogP contribution in [0.3, 0.4) is 0 Å². The number of hydrogen-bond donors (Lipinski definition) is 3. The molecule has 38 heavy (non-hydrogen) atoms. The number of nitrogens with one attached hydrogen (secondary N) is 3. The normalized spacial score (nSPS) is 17.9. The van der Waals surface area contributed by atoms with E-state index in [9.17, 15) is 28.4 Å². The molecule has 2 heterocycles. The molecule has 2 aromatic carbocycles. The molecular formula is C27H29FN4O6. The predicted octanol–water partition coefficient (Wildman–Crippen LogP) is 2.47. The Morgan fingerprint density at radius 1 is 1.16 bits per heavy atom. The second-order valence-corrected chi connectivity index (χ2v) is 10.2. The topological polar surface area (TPSA) is 134 Å². The quantitative estimate of drug-likeness (QED) is 0.497. The van der Waals surface area contributed by atoms with Gasteiger partial charge in [-0.25, -0.2) is 9.18 Å². The fourth-order valence-electron chi connectivity index (χ4n) is 4.45. The van der Waals surface area contributed by atoms with Gasteiger partial charge >= 0.3 is 6.09 Å². The molecule has 1 saturated heterocycles. The molecule has 3 N–H and O–H groups in total. The van der Waals surface area contributed by atoms with Gasteiger partial charge in [0.25, 0.3) is 5.91 Å². The number of fused-ring (bicyclic) bond motifs is 1. The van der Waals surface area contributed by atoms with Crippen LogP contribution in [0, 0.1) is 5.82 Å². The summed E-state index contributed by atoms with van der Waals surface area (Å²) >= 11 is 0. The minimum Gasteiger partial charge on any atom is -0.444 e. The summed E-state index contributed by atoms with van der Waals surface area (Å²) in [7, 11) is 0. The molecule has 2 unspecified atom stereocenters. The summed E-state index contributed by atoms with van der Waals surface area (Å²) in [5.74, 6) is -2.46. The number of piperidine rings is 1. The van der Waals surface area contributed by atoms with Gasteiger partial charge in [-0.3, -0.25) is 24.5 Å². The highest BCUT2D eigenvalue weighted by Crippen LogP contribution is 2.28. The SMILES string of the molecule is CC(C)(C)OC(=O)NC(C(=O)NCc1ccc2c(c1)CN(C1CCC(=O)NC1=O)C2=O)c1ccccc1F. The molecule has 1 fully saturated rings. The molecule has 10 nitrogen and oxygen atoms in total. The van der Waals surface area contributed by atoms with E-state index in [1.807, 2.05) is 0 Å². The largest absolute Gasteiger partial charge is 0.444 e. The van der Waals surface area contributed by atoms with E-state index in [1.54, 1.807) is 45.0 Å². The van der Waals surface area contributed by atoms with Crippen LogP contribution >= 0.6 is 0 Å². The summed E-state index contributed by atoms with van der Waals surface area (Å²) in [4.78, 5) is 63.5. The highest BCUT2D eigenvalue weighted by molar-refractivity contribution is 6.05. The lowest BCUT2D eigenvalue weighted by Crippen LogP contribution is -2.52. The Labute approximate surface area is 218 Å². The van der Waals surface area contributed by atoms with E-state index in [4.69, 9.17) is 4.74 Å². The van der Waals surface area contributed by atoms with Crippen LogP contribution < -0.4 is 16.0 Å². The van der Waals surface area contributed by atoms with Crippen molar-refractivity contribution < 1.29 is 33.1 Å².